The highest BCUT2D eigenvalue weighted by Crippen LogP contribution is 2.45. The minimum absolute atomic E-state index is 0.107. The maximum atomic E-state index is 13.0. The van der Waals surface area contributed by atoms with E-state index in [2.05, 4.69) is 41.5 Å². The van der Waals surface area contributed by atoms with Crippen LogP contribution in [0.4, 0.5) is 0 Å². The fourth-order valence-corrected chi connectivity index (χ4v) is 12.5. The van der Waals surface area contributed by atoms with Gasteiger partial charge in [0.05, 0.1) is 26.4 Å². The number of aliphatic hydroxyl groups is 1. The zero-order valence-corrected chi connectivity index (χ0v) is 60.9. The van der Waals surface area contributed by atoms with Crippen LogP contribution in [0.2, 0.25) is 0 Å². The summed E-state index contributed by atoms with van der Waals surface area (Å²) < 4.78 is 68.4. The number of carbonyl (C=O) groups excluding carboxylic acids is 4. The Hall–Kier alpha value is -1.94. The van der Waals surface area contributed by atoms with Gasteiger partial charge in [-0.1, -0.05) is 318 Å². The van der Waals surface area contributed by atoms with E-state index in [-0.39, 0.29) is 25.7 Å². The number of unbranched alkanes of at least 4 members (excludes halogenated alkanes) is 41. The fraction of sp³-hybridized carbons (Fsp3) is 0.944. The second-order valence-corrected chi connectivity index (χ2v) is 29.8. The van der Waals surface area contributed by atoms with Crippen molar-refractivity contribution in [2.45, 2.75) is 387 Å². The Balaban J connectivity index is 5.26. The molecule has 0 heterocycles. The molecule has 3 N–H and O–H groups in total. The number of ether oxygens (including phenoxy) is 4. The molecule has 0 spiro atoms. The zero-order chi connectivity index (χ0) is 67.2. The van der Waals surface area contributed by atoms with Crippen LogP contribution in [-0.2, 0) is 65.4 Å². The van der Waals surface area contributed by atoms with Crippen molar-refractivity contribution in [3.8, 4) is 0 Å². The molecule has 0 fully saturated rings. The van der Waals surface area contributed by atoms with Crippen LogP contribution in [0.25, 0.3) is 0 Å². The Morgan fingerprint density at radius 3 is 0.747 bits per heavy atom. The van der Waals surface area contributed by atoms with Crippen molar-refractivity contribution in [1.29, 1.82) is 0 Å². The highest BCUT2D eigenvalue weighted by Gasteiger charge is 2.30. The summed E-state index contributed by atoms with van der Waals surface area (Å²) >= 11 is 0. The normalized spacial score (nSPS) is 14.1. The molecule has 0 rings (SSSR count). The summed E-state index contributed by atoms with van der Waals surface area (Å²) in [4.78, 5) is 72.6. The molecule has 0 amide bonds. The second-order valence-electron chi connectivity index (χ2n) is 26.9. The molecule has 0 saturated carbocycles. The minimum Gasteiger partial charge on any atom is -0.462 e. The molecule has 0 aliphatic carbocycles. The van der Waals surface area contributed by atoms with Crippen LogP contribution in [0.15, 0.2) is 0 Å². The van der Waals surface area contributed by atoms with Crippen molar-refractivity contribution in [1.82, 2.24) is 0 Å². The summed E-state index contributed by atoms with van der Waals surface area (Å²) in [6, 6.07) is 0. The quantitative estimate of drug-likeness (QED) is 0.0222. The molecule has 0 aliphatic rings. The summed E-state index contributed by atoms with van der Waals surface area (Å²) in [5.74, 6) is -0.628. The monoisotopic (exact) mass is 1340 g/mol. The SMILES string of the molecule is CCCCCCCCCCCCCCCCC(=O)OC[C@H](COP(=O)(O)OC[C@@H](O)COP(=O)(O)OC[C@@H](COC(=O)CCCCCCCCCCC(C)C)OC(=O)CCCCCCCCCCCCCC)OC(=O)CCCCCCCCCCCCCC(C)C. The lowest BCUT2D eigenvalue weighted by molar-refractivity contribution is -0.161. The molecule has 0 bridgehead atoms. The van der Waals surface area contributed by atoms with Crippen LogP contribution in [0.1, 0.15) is 369 Å². The largest absolute Gasteiger partial charge is 0.472 e. The van der Waals surface area contributed by atoms with Crippen LogP contribution < -0.4 is 0 Å². The molecule has 0 aromatic carbocycles. The molecule has 5 atom stereocenters. The number of rotatable bonds is 71. The van der Waals surface area contributed by atoms with Crippen molar-refractivity contribution >= 4 is 39.5 Å². The van der Waals surface area contributed by atoms with Crippen molar-refractivity contribution < 1.29 is 80.2 Å². The highest BCUT2D eigenvalue weighted by atomic mass is 31.2. The molecule has 91 heavy (non-hydrogen) atoms. The maximum Gasteiger partial charge on any atom is 0.472 e. The van der Waals surface area contributed by atoms with Gasteiger partial charge in [-0.2, -0.15) is 0 Å². The number of phosphoric ester groups is 2. The smallest absolute Gasteiger partial charge is 0.462 e. The molecule has 2 unspecified atom stereocenters. The standard InChI is InChI=1S/C72H140O17P2/c1-7-9-11-13-15-17-19-21-22-26-29-36-42-48-54-69(74)82-60-67(88-72(77)57-51-45-39-31-27-23-24-28-34-40-46-52-64(3)4)62-86-90(78,79)84-58-66(73)59-85-91(80,81)87-63-68(61-83-70(75)55-49-43-37-33-32-35-41-47-53-65(5)6)89-71(76)56-50-44-38-30-25-20-18-16-14-12-10-8-2/h64-68,73H,7-63H2,1-6H3,(H,78,79)(H,80,81)/t66-,67-,68-/m1/s1. The van der Waals surface area contributed by atoms with Gasteiger partial charge >= 0.3 is 39.5 Å². The zero-order valence-electron chi connectivity index (χ0n) is 59.1. The van der Waals surface area contributed by atoms with E-state index in [0.717, 1.165) is 102 Å². The van der Waals surface area contributed by atoms with Gasteiger partial charge in [-0.05, 0) is 37.5 Å². The van der Waals surface area contributed by atoms with Crippen LogP contribution >= 0.6 is 15.6 Å². The van der Waals surface area contributed by atoms with Crippen molar-refractivity contribution in [3.63, 3.8) is 0 Å². The summed E-state index contributed by atoms with van der Waals surface area (Å²) in [5, 5.41) is 10.6. The molecule has 0 aromatic heterocycles. The first-order chi connectivity index (χ1) is 43.9. The minimum atomic E-state index is -4.95. The summed E-state index contributed by atoms with van der Waals surface area (Å²) in [7, 11) is -9.90. The van der Waals surface area contributed by atoms with Crippen LogP contribution in [-0.4, -0.2) is 96.7 Å². The van der Waals surface area contributed by atoms with E-state index in [1.807, 2.05) is 0 Å². The van der Waals surface area contributed by atoms with Gasteiger partial charge in [0.25, 0.3) is 0 Å². The predicted molar refractivity (Wildman–Crippen MR) is 368 cm³/mol. The second kappa shape index (κ2) is 64.1. The lowest BCUT2D eigenvalue weighted by Crippen LogP contribution is -2.30. The third-order valence-electron chi connectivity index (χ3n) is 16.7. The van der Waals surface area contributed by atoms with Crippen LogP contribution in [0.3, 0.4) is 0 Å². The number of phosphoric acid groups is 2. The van der Waals surface area contributed by atoms with Crippen molar-refractivity contribution in [2.24, 2.45) is 11.8 Å². The van der Waals surface area contributed by atoms with Gasteiger partial charge in [-0.25, -0.2) is 9.13 Å². The third kappa shape index (κ3) is 66.5. The van der Waals surface area contributed by atoms with Crippen molar-refractivity contribution in [2.75, 3.05) is 39.6 Å². The Bertz CT molecular complexity index is 1770. The molecule has 19 heteroatoms. The molecule has 17 nitrogen and oxygen atoms in total. The van der Waals surface area contributed by atoms with Gasteiger partial charge in [0, 0.05) is 25.7 Å². The van der Waals surface area contributed by atoms with Gasteiger partial charge in [0.2, 0.25) is 0 Å². The van der Waals surface area contributed by atoms with Gasteiger partial charge in [-0.3, -0.25) is 37.3 Å². The Morgan fingerprint density at radius 2 is 0.505 bits per heavy atom. The summed E-state index contributed by atoms with van der Waals surface area (Å²) in [5.41, 5.74) is 0. The maximum absolute atomic E-state index is 13.0. The number of carbonyl (C=O) groups is 4. The highest BCUT2D eigenvalue weighted by molar-refractivity contribution is 7.47. The Kier molecular flexibility index (Phi) is 62.7. The molecular formula is C72H140O17P2. The van der Waals surface area contributed by atoms with Gasteiger partial charge in [0.15, 0.2) is 12.2 Å². The Morgan fingerprint density at radius 1 is 0.297 bits per heavy atom. The summed E-state index contributed by atoms with van der Waals surface area (Å²) in [6.07, 6.45) is 49.8. The Labute approximate surface area is 556 Å². The first-order valence-corrected chi connectivity index (χ1v) is 40.5. The first-order valence-electron chi connectivity index (χ1n) is 37.5. The average Bonchev–Trinajstić information content (AvgIpc) is 2.96. The lowest BCUT2D eigenvalue weighted by Gasteiger charge is -2.21. The van der Waals surface area contributed by atoms with E-state index in [1.165, 1.54) is 186 Å². The number of aliphatic hydroxyl groups excluding tert-OH is 1. The van der Waals surface area contributed by atoms with Gasteiger partial charge in [0.1, 0.15) is 19.3 Å². The first kappa shape index (κ1) is 89.1. The van der Waals surface area contributed by atoms with Gasteiger partial charge in [-0.15, -0.1) is 0 Å². The average molecular weight is 1340 g/mol. The third-order valence-corrected chi connectivity index (χ3v) is 18.6. The summed E-state index contributed by atoms with van der Waals surface area (Å²) in [6.45, 7) is 9.54. The topological polar surface area (TPSA) is 237 Å². The van der Waals surface area contributed by atoms with Crippen LogP contribution in [0, 0.1) is 11.8 Å². The number of hydrogen-bond acceptors (Lipinski definition) is 15. The predicted octanol–water partition coefficient (Wildman–Crippen LogP) is 20.8. The molecular weight excluding hydrogens is 1200 g/mol. The van der Waals surface area contributed by atoms with E-state index in [4.69, 9.17) is 37.0 Å². The van der Waals surface area contributed by atoms with Crippen LogP contribution in [0.5, 0.6) is 0 Å². The van der Waals surface area contributed by atoms with E-state index in [0.29, 0.717) is 25.7 Å². The molecule has 0 aliphatic heterocycles. The molecule has 0 saturated heterocycles. The fourth-order valence-electron chi connectivity index (χ4n) is 10.9. The van der Waals surface area contributed by atoms with E-state index >= 15 is 0 Å². The molecule has 540 valence electrons. The number of hydrogen-bond donors (Lipinski definition) is 3. The van der Waals surface area contributed by atoms with Gasteiger partial charge < -0.3 is 33.8 Å². The van der Waals surface area contributed by atoms with E-state index < -0.39 is 97.5 Å². The van der Waals surface area contributed by atoms with E-state index in [9.17, 15) is 43.2 Å². The lowest BCUT2D eigenvalue weighted by atomic mass is 10.0. The number of esters is 4. The molecule has 0 aromatic rings. The van der Waals surface area contributed by atoms with Crippen molar-refractivity contribution in [3.05, 3.63) is 0 Å². The van der Waals surface area contributed by atoms with E-state index in [1.54, 1.807) is 0 Å². The molecule has 0 radical (unpaired) electrons.